The molecule has 0 radical (unpaired) electrons. The third-order valence-electron chi connectivity index (χ3n) is 3.64. The molecule has 2 N–H and O–H groups in total. The van der Waals surface area contributed by atoms with Crippen LogP contribution in [0.4, 0.5) is 10.1 Å². The fourth-order valence-corrected chi connectivity index (χ4v) is 2.32. The van der Waals surface area contributed by atoms with Crippen LogP contribution in [0.3, 0.4) is 0 Å². The van der Waals surface area contributed by atoms with E-state index in [1.165, 1.54) is 24.3 Å². The van der Waals surface area contributed by atoms with Gasteiger partial charge in [-0.2, -0.15) is 0 Å². The van der Waals surface area contributed by atoms with E-state index in [-0.39, 0.29) is 16.7 Å². The lowest BCUT2D eigenvalue weighted by Crippen LogP contribution is -2.31. The van der Waals surface area contributed by atoms with Crippen LogP contribution in [0.25, 0.3) is 0 Å². The molecule has 2 aromatic rings. The fourth-order valence-electron chi connectivity index (χ4n) is 2.32. The van der Waals surface area contributed by atoms with E-state index < -0.39 is 28.1 Å². The van der Waals surface area contributed by atoms with Crippen molar-refractivity contribution in [3.8, 4) is 0 Å². The first-order chi connectivity index (χ1) is 12.4. The van der Waals surface area contributed by atoms with Crippen LogP contribution in [-0.4, -0.2) is 36.2 Å². The zero-order valence-electron chi connectivity index (χ0n) is 14.1. The van der Waals surface area contributed by atoms with Crippen LogP contribution in [0.15, 0.2) is 42.5 Å². The molecule has 1 amide bonds. The third-order valence-corrected chi connectivity index (χ3v) is 3.64. The molecule has 136 valence electrons. The van der Waals surface area contributed by atoms with Gasteiger partial charge in [0.2, 0.25) is 0 Å². The minimum absolute atomic E-state index is 0.0869. The topological polar surface area (TPSA) is 101 Å². The first-order valence-corrected chi connectivity index (χ1v) is 8.01. The first-order valence-electron chi connectivity index (χ1n) is 8.01. The fraction of sp³-hybridized carbons (Fsp3) is 0.222. The lowest BCUT2D eigenvalue weighted by Gasteiger charge is -2.07. The SMILES string of the molecule is CCNCCNC(=O)c1ccc(C(=O)c2ccc(F)cc2)c([N+](=O)[O-])c1. The smallest absolute Gasteiger partial charge is 0.281 e. The summed E-state index contributed by atoms with van der Waals surface area (Å²) < 4.78 is 13.0. The number of carbonyl (C=O) groups excluding carboxylic acids is 2. The summed E-state index contributed by atoms with van der Waals surface area (Å²) in [5, 5.41) is 17.0. The molecule has 0 saturated heterocycles. The van der Waals surface area contributed by atoms with Crippen molar-refractivity contribution in [1.82, 2.24) is 10.6 Å². The third kappa shape index (κ3) is 4.70. The van der Waals surface area contributed by atoms with E-state index >= 15 is 0 Å². The zero-order chi connectivity index (χ0) is 19.1. The second-order valence-corrected chi connectivity index (χ2v) is 5.43. The second kappa shape index (κ2) is 8.82. The van der Waals surface area contributed by atoms with Gasteiger partial charge in [0.25, 0.3) is 11.6 Å². The summed E-state index contributed by atoms with van der Waals surface area (Å²) in [6.07, 6.45) is 0. The van der Waals surface area contributed by atoms with E-state index in [0.29, 0.717) is 13.1 Å². The molecule has 0 saturated carbocycles. The minimum atomic E-state index is -0.716. The summed E-state index contributed by atoms with van der Waals surface area (Å²) in [6.45, 7) is 3.64. The summed E-state index contributed by atoms with van der Waals surface area (Å²) in [5.74, 6) is -1.59. The summed E-state index contributed by atoms with van der Waals surface area (Å²) in [7, 11) is 0. The van der Waals surface area contributed by atoms with E-state index in [1.807, 2.05) is 6.92 Å². The van der Waals surface area contributed by atoms with Crippen LogP contribution in [0.1, 0.15) is 33.2 Å². The van der Waals surface area contributed by atoms with Gasteiger partial charge in [-0.1, -0.05) is 6.92 Å². The Balaban J connectivity index is 2.25. The van der Waals surface area contributed by atoms with Crippen molar-refractivity contribution < 1.29 is 18.9 Å². The van der Waals surface area contributed by atoms with Gasteiger partial charge < -0.3 is 10.6 Å². The van der Waals surface area contributed by atoms with Gasteiger partial charge in [-0.25, -0.2) is 4.39 Å². The Labute approximate surface area is 149 Å². The van der Waals surface area contributed by atoms with E-state index in [4.69, 9.17) is 0 Å². The maximum atomic E-state index is 13.0. The quantitative estimate of drug-likeness (QED) is 0.326. The van der Waals surface area contributed by atoms with Crippen molar-refractivity contribution in [3.63, 3.8) is 0 Å². The minimum Gasteiger partial charge on any atom is -0.351 e. The Kier molecular flexibility index (Phi) is 6.51. The lowest BCUT2D eigenvalue weighted by atomic mass is 10.00. The number of rotatable bonds is 8. The molecule has 0 spiro atoms. The Morgan fingerprint density at radius 1 is 1.08 bits per heavy atom. The molecule has 2 aromatic carbocycles. The second-order valence-electron chi connectivity index (χ2n) is 5.43. The van der Waals surface area contributed by atoms with Gasteiger partial charge in [-0.15, -0.1) is 0 Å². The summed E-state index contributed by atoms with van der Waals surface area (Å²) in [6, 6.07) is 8.37. The van der Waals surface area contributed by atoms with Gasteiger partial charge >= 0.3 is 0 Å². The summed E-state index contributed by atoms with van der Waals surface area (Å²) in [4.78, 5) is 35.2. The van der Waals surface area contributed by atoms with Gasteiger partial charge in [0.15, 0.2) is 5.78 Å². The zero-order valence-corrected chi connectivity index (χ0v) is 14.1. The largest absolute Gasteiger partial charge is 0.351 e. The molecule has 0 unspecified atom stereocenters. The Morgan fingerprint density at radius 2 is 1.73 bits per heavy atom. The van der Waals surface area contributed by atoms with Gasteiger partial charge in [-0.3, -0.25) is 19.7 Å². The van der Waals surface area contributed by atoms with Crippen molar-refractivity contribution in [3.05, 3.63) is 75.1 Å². The molecular weight excluding hydrogens is 341 g/mol. The molecule has 26 heavy (non-hydrogen) atoms. The van der Waals surface area contributed by atoms with Crippen molar-refractivity contribution in [2.45, 2.75) is 6.92 Å². The van der Waals surface area contributed by atoms with Crippen LogP contribution in [0, 0.1) is 15.9 Å². The molecule has 0 aliphatic heterocycles. The molecule has 0 aliphatic carbocycles. The average Bonchev–Trinajstić information content (AvgIpc) is 2.64. The van der Waals surface area contributed by atoms with Crippen LogP contribution in [0.5, 0.6) is 0 Å². The Bertz CT molecular complexity index is 822. The average molecular weight is 359 g/mol. The van der Waals surface area contributed by atoms with Gasteiger partial charge in [-0.05, 0) is 42.9 Å². The number of ketones is 1. The molecule has 2 rings (SSSR count). The number of halogens is 1. The highest BCUT2D eigenvalue weighted by molar-refractivity contribution is 6.12. The van der Waals surface area contributed by atoms with Crippen molar-refractivity contribution in [1.29, 1.82) is 0 Å². The molecule has 8 heteroatoms. The standard InChI is InChI=1S/C18H18FN3O4/c1-2-20-9-10-21-18(24)13-5-8-15(16(11-13)22(25)26)17(23)12-3-6-14(19)7-4-12/h3-8,11,20H,2,9-10H2,1H3,(H,21,24). The van der Waals surface area contributed by atoms with Crippen LogP contribution in [0.2, 0.25) is 0 Å². The predicted octanol–water partition coefficient (Wildman–Crippen LogP) is 2.30. The summed E-state index contributed by atoms with van der Waals surface area (Å²) in [5.41, 5.74) is -0.425. The normalized spacial score (nSPS) is 10.4. The van der Waals surface area contributed by atoms with Crippen molar-refractivity contribution in [2.75, 3.05) is 19.6 Å². The van der Waals surface area contributed by atoms with Crippen LogP contribution in [-0.2, 0) is 0 Å². The number of hydrogen-bond acceptors (Lipinski definition) is 5. The highest BCUT2D eigenvalue weighted by atomic mass is 19.1. The number of hydrogen-bond donors (Lipinski definition) is 2. The molecule has 0 aromatic heterocycles. The van der Waals surface area contributed by atoms with E-state index in [9.17, 15) is 24.1 Å². The van der Waals surface area contributed by atoms with Crippen LogP contribution < -0.4 is 10.6 Å². The first kappa shape index (κ1) is 19.2. The van der Waals surface area contributed by atoms with Crippen molar-refractivity contribution in [2.24, 2.45) is 0 Å². The van der Waals surface area contributed by atoms with E-state index in [1.54, 1.807) is 0 Å². The Morgan fingerprint density at radius 3 is 2.35 bits per heavy atom. The predicted molar refractivity (Wildman–Crippen MR) is 93.8 cm³/mol. The Hall–Kier alpha value is -3.13. The van der Waals surface area contributed by atoms with Gasteiger partial charge in [0.05, 0.1) is 4.92 Å². The van der Waals surface area contributed by atoms with E-state index in [2.05, 4.69) is 10.6 Å². The highest BCUT2D eigenvalue weighted by Crippen LogP contribution is 2.23. The molecular formula is C18H18FN3O4. The number of nitrogens with zero attached hydrogens (tertiary/aromatic N) is 1. The molecule has 0 bridgehead atoms. The van der Waals surface area contributed by atoms with Gasteiger partial charge in [0.1, 0.15) is 11.4 Å². The molecule has 0 fully saturated rings. The number of amides is 1. The molecule has 7 nitrogen and oxygen atoms in total. The monoisotopic (exact) mass is 359 g/mol. The number of nitro groups is 1. The van der Waals surface area contributed by atoms with Crippen LogP contribution >= 0.6 is 0 Å². The maximum absolute atomic E-state index is 13.0. The summed E-state index contributed by atoms with van der Waals surface area (Å²) >= 11 is 0. The van der Waals surface area contributed by atoms with Gasteiger partial charge in [0, 0.05) is 30.3 Å². The molecule has 0 aliphatic rings. The maximum Gasteiger partial charge on any atom is 0.281 e. The number of benzene rings is 2. The number of likely N-dealkylation sites (N-methyl/N-ethyl adjacent to an activating group) is 1. The number of carbonyl (C=O) groups is 2. The molecule has 0 heterocycles. The lowest BCUT2D eigenvalue weighted by molar-refractivity contribution is -0.385. The number of nitrogens with one attached hydrogen (secondary N) is 2. The molecule has 0 atom stereocenters. The number of nitro benzene ring substituents is 1. The van der Waals surface area contributed by atoms with Crippen molar-refractivity contribution >= 4 is 17.4 Å². The van der Waals surface area contributed by atoms with E-state index in [0.717, 1.165) is 24.7 Å². The highest BCUT2D eigenvalue weighted by Gasteiger charge is 2.23.